The molecule has 1 atom stereocenters. The van der Waals surface area contributed by atoms with Crippen molar-refractivity contribution in [1.29, 1.82) is 0 Å². The monoisotopic (exact) mass is 302 g/mol. The van der Waals surface area contributed by atoms with Gasteiger partial charge in [-0.15, -0.1) is 12.4 Å². The number of nitrogens with one attached hydrogen (secondary N) is 2. The third-order valence-electron chi connectivity index (χ3n) is 3.24. The molecule has 1 aliphatic heterocycles. The predicted molar refractivity (Wildman–Crippen MR) is 81.0 cm³/mol. The molecule has 19 heavy (non-hydrogen) atoms. The van der Waals surface area contributed by atoms with Gasteiger partial charge < -0.3 is 10.6 Å². The van der Waals surface area contributed by atoms with Crippen LogP contribution >= 0.6 is 24.0 Å². The van der Waals surface area contributed by atoms with Gasteiger partial charge in [0.05, 0.1) is 6.42 Å². The first-order valence-corrected chi connectivity index (χ1v) is 6.83. The standard InChI is InChI=1S/C14H19ClN2O.ClH/c15-13-5-1-3-11(7-13)8-14(18)17-10-12-4-2-6-16-9-12;/h1,3,5,7,12,16H,2,4,6,8-10H2,(H,17,18);1H. The summed E-state index contributed by atoms with van der Waals surface area (Å²) in [5.74, 6) is 0.643. The molecule has 1 aromatic carbocycles. The van der Waals surface area contributed by atoms with Crippen LogP contribution in [0.4, 0.5) is 0 Å². The highest BCUT2D eigenvalue weighted by atomic mass is 35.5. The summed E-state index contributed by atoms with van der Waals surface area (Å²) in [6.07, 6.45) is 2.81. The molecule has 1 aliphatic rings. The van der Waals surface area contributed by atoms with Crippen LogP contribution in [0.15, 0.2) is 24.3 Å². The zero-order valence-electron chi connectivity index (χ0n) is 10.8. The van der Waals surface area contributed by atoms with Crippen molar-refractivity contribution in [3.05, 3.63) is 34.9 Å². The Morgan fingerprint density at radius 1 is 1.47 bits per heavy atom. The zero-order valence-corrected chi connectivity index (χ0v) is 12.4. The molecule has 2 N–H and O–H groups in total. The number of piperidine rings is 1. The van der Waals surface area contributed by atoms with Gasteiger partial charge in [-0.25, -0.2) is 0 Å². The normalized spacial score (nSPS) is 18.5. The van der Waals surface area contributed by atoms with Crippen molar-refractivity contribution in [3.8, 4) is 0 Å². The van der Waals surface area contributed by atoms with Gasteiger partial charge in [0.2, 0.25) is 5.91 Å². The quantitative estimate of drug-likeness (QED) is 0.897. The van der Waals surface area contributed by atoms with Crippen LogP contribution in [-0.2, 0) is 11.2 Å². The van der Waals surface area contributed by atoms with E-state index < -0.39 is 0 Å². The predicted octanol–water partition coefficient (Wildman–Crippen LogP) is 2.42. The lowest BCUT2D eigenvalue weighted by atomic mass is 10.00. The number of amides is 1. The van der Waals surface area contributed by atoms with Crippen molar-refractivity contribution in [2.75, 3.05) is 19.6 Å². The van der Waals surface area contributed by atoms with E-state index in [9.17, 15) is 4.79 Å². The zero-order chi connectivity index (χ0) is 12.8. The molecule has 1 fully saturated rings. The minimum atomic E-state index is 0. The molecule has 0 saturated carbocycles. The second kappa shape index (κ2) is 8.41. The topological polar surface area (TPSA) is 41.1 Å². The van der Waals surface area contributed by atoms with Gasteiger partial charge in [-0.1, -0.05) is 23.7 Å². The van der Waals surface area contributed by atoms with E-state index in [0.29, 0.717) is 17.4 Å². The van der Waals surface area contributed by atoms with Gasteiger partial charge in [0.15, 0.2) is 0 Å². The molecule has 0 aliphatic carbocycles. The summed E-state index contributed by atoms with van der Waals surface area (Å²) in [6.45, 7) is 2.89. The Balaban J connectivity index is 0.00000180. The molecule has 3 nitrogen and oxygen atoms in total. The number of carbonyl (C=O) groups is 1. The van der Waals surface area contributed by atoms with E-state index in [4.69, 9.17) is 11.6 Å². The number of benzene rings is 1. The summed E-state index contributed by atoms with van der Waals surface area (Å²) in [4.78, 5) is 11.8. The second-order valence-corrected chi connectivity index (χ2v) is 5.26. The van der Waals surface area contributed by atoms with Gasteiger partial charge >= 0.3 is 0 Å². The molecular formula is C14H20Cl2N2O. The minimum Gasteiger partial charge on any atom is -0.355 e. The van der Waals surface area contributed by atoms with Crippen LogP contribution in [-0.4, -0.2) is 25.5 Å². The molecule has 1 unspecified atom stereocenters. The number of hydrogen-bond acceptors (Lipinski definition) is 2. The Morgan fingerprint density at radius 2 is 2.32 bits per heavy atom. The van der Waals surface area contributed by atoms with Crippen molar-refractivity contribution in [2.24, 2.45) is 5.92 Å². The van der Waals surface area contributed by atoms with E-state index in [1.807, 2.05) is 24.3 Å². The first-order chi connectivity index (χ1) is 8.74. The molecule has 5 heteroatoms. The van der Waals surface area contributed by atoms with Crippen molar-refractivity contribution in [3.63, 3.8) is 0 Å². The minimum absolute atomic E-state index is 0. The lowest BCUT2D eigenvalue weighted by molar-refractivity contribution is -0.120. The van der Waals surface area contributed by atoms with Gasteiger partial charge in [0, 0.05) is 11.6 Å². The lowest BCUT2D eigenvalue weighted by Crippen LogP contribution is -2.38. The van der Waals surface area contributed by atoms with Gasteiger partial charge in [-0.2, -0.15) is 0 Å². The van der Waals surface area contributed by atoms with E-state index in [2.05, 4.69) is 10.6 Å². The van der Waals surface area contributed by atoms with Crippen LogP contribution in [0.3, 0.4) is 0 Å². The van der Waals surface area contributed by atoms with Gasteiger partial charge in [0.1, 0.15) is 0 Å². The van der Waals surface area contributed by atoms with Crippen molar-refractivity contribution in [1.82, 2.24) is 10.6 Å². The van der Waals surface area contributed by atoms with E-state index in [1.165, 1.54) is 12.8 Å². The lowest BCUT2D eigenvalue weighted by Gasteiger charge is -2.22. The average molecular weight is 303 g/mol. The second-order valence-electron chi connectivity index (χ2n) is 4.82. The Bertz CT molecular complexity index is 406. The number of hydrogen-bond donors (Lipinski definition) is 2. The largest absolute Gasteiger partial charge is 0.355 e. The van der Waals surface area contributed by atoms with Crippen LogP contribution in [0, 0.1) is 5.92 Å². The number of halogens is 2. The fraction of sp³-hybridized carbons (Fsp3) is 0.500. The fourth-order valence-corrected chi connectivity index (χ4v) is 2.46. The summed E-state index contributed by atoms with van der Waals surface area (Å²) < 4.78 is 0. The van der Waals surface area contributed by atoms with E-state index in [1.54, 1.807) is 0 Å². The molecule has 0 aromatic heterocycles. The third-order valence-corrected chi connectivity index (χ3v) is 3.48. The fourth-order valence-electron chi connectivity index (χ4n) is 2.25. The van der Waals surface area contributed by atoms with Crippen LogP contribution in [0.25, 0.3) is 0 Å². The summed E-state index contributed by atoms with van der Waals surface area (Å²) in [5, 5.41) is 7.02. The van der Waals surface area contributed by atoms with E-state index in [0.717, 1.165) is 25.2 Å². The molecule has 2 rings (SSSR count). The first kappa shape index (κ1) is 16.3. The molecule has 1 amide bonds. The van der Waals surface area contributed by atoms with Crippen LogP contribution in [0.5, 0.6) is 0 Å². The molecule has 1 saturated heterocycles. The molecule has 0 radical (unpaired) electrons. The summed E-state index contributed by atoms with van der Waals surface area (Å²) >= 11 is 5.89. The maximum atomic E-state index is 11.8. The molecule has 1 aromatic rings. The van der Waals surface area contributed by atoms with E-state index in [-0.39, 0.29) is 18.3 Å². The van der Waals surface area contributed by atoms with Crippen LogP contribution in [0.1, 0.15) is 18.4 Å². The highest BCUT2D eigenvalue weighted by molar-refractivity contribution is 6.30. The third kappa shape index (κ3) is 5.81. The van der Waals surface area contributed by atoms with Crippen molar-refractivity contribution < 1.29 is 4.79 Å². The van der Waals surface area contributed by atoms with Crippen molar-refractivity contribution >= 4 is 29.9 Å². The average Bonchev–Trinajstić information content (AvgIpc) is 2.38. The van der Waals surface area contributed by atoms with E-state index >= 15 is 0 Å². The smallest absolute Gasteiger partial charge is 0.224 e. The molecular weight excluding hydrogens is 283 g/mol. The summed E-state index contributed by atoms with van der Waals surface area (Å²) in [7, 11) is 0. The SMILES string of the molecule is Cl.O=C(Cc1cccc(Cl)c1)NCC1CCCNC1. The van der Waals surface area contributed by atoms with Gasteiger partial charge in [-0.3, -0.25) is 4.79 Å². The highest BCUT2D eigenvalue weighted by Gasteiger charge is 2.13. The van der Waals surface area contributed by atoms with Gasteiger partial charge in [-0.05, 0) is 49.5 Å². The molecule has 0 spiro atoms. The molecule has 0 bridgehead atoms. The molecule has 1 heterocycles. The number of carbonyl (C=O) groups excluding carboxylic acids is 1. The maximum Gasteiger partial charge on any atom is 0.224 e. The Hall–Kier alpha value is -0.770. The molecule has 106 valence electrons. The van der Waals surface area contributed by atoms with Gasteiger partial charge in [0.25, 0.3) is 0 Å². The van der Waals surface area contributed by atoms with Crippen LogP contribution in [0.2, 0.25) is 5.02 Å². The maximum absolute atomic E-state index is 11.8. The summed E-state index contributed by atoms with van der Waals surface area (Å²) in [6, 6.07) is 7.45. The Labute approximate surface area is 125 Å². The van der Waals surface area contributed by atoms with Crippen LogP contribution < -0.4 is 10.6 Å². The Kier molecular flexibility index (Phi) is 7.21. The Morgan fingerprint density at radius 3 is 3.00 bits per heavy atom. The van der Waals surface area contributed by atoms with Crippen molar-refractivity contribution in [2.45, 2.75) is 19.3 Å². The highest BCUT2D eigenvalue weighted by Crippen LogP contribution is 2.11. The number of rotatable bonds is 4. The summed E-state index contributed by atoms with van der Waals surface area (Å²) in [5.41, 5.74) is 0.960. The first-order valence-electron chi connectivity index (χ1n) is 6.46.